The van der Waals surface area contributed by atoms with E-state index >= 15 is 0 Å². The number of amides is 1. The van der Waals surface area contributed by atoms with Crippen molar-refractivity contribution in [2.75, 3.05) is 19.6 Å². The molecule has 0 spiro atoms. The first-order valence-electron chi connectivity index (χ1n) is 6.84. The average Bonchev–Trinajstić information content (AvgIpc) is 2.46. The van der Waals surface area contributed by atoms with Gasteiger partial charge in [-0.1, -0.05) is 24.6 Å². The molecule has 1 saturated heterocycles. The highest BCUT2D eigenvalue weighted by molar-refractivity contribution is 5.94. The third kappa shape index (κ3) is 3.57. The third-order valence-electron chi connectivity index (χ3n) is 3.61. The van der Waals surface area contributed by atoms with Gasteiger partial charge in [-0.3, -0.25) is 9.69 Å². The Hall–Kier alpha value is -1.35. The first-order chi connectivity index (χ1) is 8.77. The minimum Gasteiger partial charge on any atom is -0.350 e. The van der Waals surface area contributed by atoms with Crippen LogP contribution in [0, 0.1) is 0 Å². The van der Waals surface area contributed by atoms with Gasteiger partial charge in [0.2, 0.25) is 0 Å². The van der Waals surface area contributed by atoms with Crippen LogP contribution in [-0.2, 0) is 0 Å². The third-order valence-corrected chi connectivity index (χ3v) is 3.61. The zero-order chi connectivity index (χ0) is 12.8. The summed E-state index contributed by atoms with van der Waals surface area (Å²) < 4.78 is 0. The number of carbonyl (C=O) groups is 1. The summed E-state index contributed by atoms with van der Waals surface area (Å²) >= 11 is 0. The molecule has 1 aromatic carbocycles. The van der Waals surface area contributed by atoms with Gasteiger partial charge in [0.15, 0.2) is 0 Å². The lowest BCUT2D eigenvalue weighted by Gasteiger charge is -2.32. The first kappa shape index (κ1) is 13.1. The highest BCUT2D eigenvalue weighted by Crippen LogP contribution is 2.11. The molecule has 1 N–H and O–H groups in total. The fraction of sp³-hybridized carbons (Fsp3) is 0.533. The molecule has 2 rings (SSSR count). The summed E-state index contributed by atoms with van der Waals surface area (Å²) in [6.45, 7) is 5.26. The predicted molar refractivity (Wildman–Crippen MR) is 73.7 cm³/mol. The van der Waals surface area contributed by atoms with Crippen LogP contribution in [0.25, 0.3) is 0 Å². The van der Waals surface area contributed by atoms with E-state index in [4.69, 9.17) is 0 Å². The lowest BCUT2D eigenvalue weighted by atomic mass is 10.1. The van der Waals surface area contributed by atoms with E-state index < -0.39 is 0 Å². The maximum absolute atomic E-state index is 11.9. The van der Waals surface area contributed by atoms with E-state index in [1.807, 2.05) is 30.3 Å². The van der Waals surface area contributed by atoms with E-state index in [1.54, 1.807) is 0 Å². The van der Waals surface area contributed by atoms with Gasteiger partial charge in [-0.25, -0.2) is 0 Å². The van der Waals surface area contributed by atoms with E-state index in [1.165, 1.54) is 32.4 Å². The maximum atomic E-state index is 11.9. The molecule has 3 heteroatoms. The van der Waals surface area contributed by atoms with Crippen LogP contribution in [0.2, 0.25) is 0 Å². The second-order valence-corrected chi connectivity index (χ2v) is 5.02. The van der Waals surface area contributed by atoms with E-state index in [2.05, 4.69) is 17.1 Å². The van der Waals surface area contributed by atoms with Crippen molar-refractivity contribution in [1.82, 2.24) is 10.2 Å². The van der Waals surface area contributed by atoms with Gasteiger partial charge < -0.3 is 5.32 Å². The molecule has 1 heterocycles. The first-order valence-corrected chi connectivity index (χ1v) is 6.84. The van der Waals surface area contributed by atoms with Crippen molar-refractivity contribution in [2.45, 2.75) is 32.2 Å². The van der Waals surface area contributed by atoms with Crippen molar-refractivity contribution in [3.63, 3.8) is 0 Å². The van der Waals surface area contributed by atoms with Crippen LogP contribution in [0.5, 0.6) is 0 Å². The van der Waals surface area contributed by atoms with Gasteiger partial charge in [0.05, 0.1) is 0 Å². The lowest BCUT2D eigenvalue weighted by molar-refractivity contribution is 0.0930. The Labute approximate surface area is 109 Å². The molecule has 1 aliphatic heterocycles. The highest BCUT2D eigenvalue weighted by atomic mass is 16.1. The molecule has 1 amide bonds. The Morgan fingerprint density at radius 1 is 1.22 bits per heavy atom. The van der Waals surface area contributed by atoms with Gasteiger partial charge >= 0.3 is 0 Å². The molecule has 0 saturated carbocycles. The SMILES string of the molecule is CC(CNC(=O)c1ccccc1)N1CCCCC1. The molecule has 18 heavy (non-hydrogen) atoms. The zero-order valence-electron chi connectivity index (χ0n) is 11.1. The fourth-order valence-electron chi connectivity index (χ4n) is 2.42. The van der Waals surface area contributed by atoms with Crippen LogP contribution in [0.3, 0.4) is 0 Å². The molecule has 1 unspecified atom stereocenters. The molecule has 3 nitrogen and oxygen atoms in total. The Balaban J connectivity index is 1.78. The molecule has 1 aliphatic rings. The number of likely N-dealkylation sites (tertiary alicyclic amines) is 1. The molecule has 0 bridgehead atoms. The largest absolute Gasteiger partial charge is 0.350 e. The summed E-state index contributed by atoms with van der Waals surface area (Å²) in [4.78, 5) is 14.4. The van der Waals surface area contributed by atoms with Gasteiger partial charge in [0.25, 0.3) is 5.91 Å². The summed E-state index contributed by atoms with van der Waals surface area (Å²) in [6.07, 6.45) is 3.92. The normalized spacial score (nSPS) is 18.3. The maximum Gasteiger partial charge on any atom is 0.251 e. The summed E-state index contributed by atoms with van der Waals surface area (Å²) in [7, 11) is 0. The molecule has 1 fully saturated rings. The minimum absolute atomic E-state index is 0.0273. The second-order valence-electron chi connectivity index (χ2n) is 5.02. The number of benzene rings is 1. The average molecular weight is 246 g/mol. The molecule has 0 radical (unpaired) electrons. The van der Waals surface area contributed by atoms with Crippen molar-refractivity contribution in [2.24, 2.45) is 0 Å². The van der Waals surface area contributed by atoms with Crippen molar-refractivity contribution < 1.29 is 4.79 Å². The van der Waals surface area contributed by atoms with Crippen LogP contribution in [0.15, 0.2) is 30.3 Å². The molecular formula is C15H22N2O. The van der Waals surface area contributed by atoms with Crippen LogP contribution in [0.1, 0.15) is 36.5 Å². The van der Waals surface area contributed by atoms with Crippen LogP contribution in [-0.4, -0.2) is 36.5 Å². The lowest BCUT2D eigenvalue weighted by Crippen LogP contribution is -2.44. The Bertz CT molecular complexity index is 371. The summed E-state index contributed by atoms with van der Waals surface area (Å²) in [5.74, 6) is 0.0273. The zero-order valence-corrected chi connectivity index (χ0v) is 11.1. The van der Waals surface area contributed by atoms with Crippen molar-refractivity contribution in [3.05, 3.63) is 35.9 Å². The van der Waals surface area contributed by atoms with Gasteiger partial charge in [0.1, 0.15) is 0 Å². The smallest absolute Gasteiger partial charge is 0.251 e. The Kier molecular flexibility index (Phi) is 4.76. The molecular weight excluding hydrogens is 224 g/mol. The number of hydrogen-bond donors (Lipinski definition) is 1. The standard InChI is InChI=1S/C15H22N2O/c1-13(17-10-6-3-7-11-17)12-16-15(18)14-8-4-2-5-9-14/h2,4-5,8-9,13H,3,6-7,10-12H2,1H3,(H,16,18). The summed E-state index contributed by atoms with van der Waals surface area (Å²) in [6, 6.07) is 9.83. The fourth-order valence-corrected chi connectivity index (χ4v) is 2.42. The quantitative estimate of drug-likeness (QED) is 0.884. The number of nitrogens with one attached hydrogen (secondary N) is 1. The van der Waals surface area contributed by atoms with Crippen molar-refractivity contribution in [3.8, 4) is 0 Å². The highest BCUT2D eigenvalue weighted by Gasteiger charge is 2.17. The topological polar surface area (TPSA) is 32.3 Å². The van der Waals surface area contributed by atoms with Gasteiger partial charge in [-0.15, -0.1) is 0 Å². The van der Waals surface area contributed by atoms with Crippen molar-refractivity contribution >= 4 is 5.91 Å². The van der Waals surface area contributed by atoms with E-state index in [0.717, 1.165) is 12.1 Å². The number of carbonyl (C=O) groups excluding carboxylic acids is 1. The molecule has 1 aromatic rings. The summed E-state index contributed by atoms with van der Waals surface area (Å²) in [5, 5.41) is 3.02. The van der Waals surface area contributed by atoms with Gasteiger partial charge in [0, 0.05) is 18.2 Å². The minimum atomic E-state index is 0.0273. The van der Waals surface area contributed by atoms with E-state index in [9.17, 15) is 4.79 Å². The van der Waals surface area contributed by atoms with Crippen LogP contribution < -0.4 is 5.32 Å². The van der Waals surface area contributed by atoms with Gasteiger partial charge in [-0.2, -0.15) is 0 Å². The monoisotopic (exact) mass is 246 g/mol. The second kappa shape index (κ2) is 6.55. The predicted octanol–water partition coefficient (Wildman–Crippen LogP) is 2.29. The molecule has 1 atom stereocenters. The van der Waals surface area contributed by atoms with E-state index in [-0.39, 0.29) is 5.91 Å². The Morgan fingerprint density at radius 2 is 1.89 bits per heavy atom. The number of nitrogens with zero attached hydrogens (tertiary/aromatic N) is 1. The number of rotatable bonds is 4. The van der Waals surface area contributed by atoms with Crippen LogP contribution >= 0.6 is 0 Å². The Morgan fingerprint density at radius 3 is 2.56 bits per heavy atom. The molecule has 0 aliphatic carbocycles. The van der Waals surface area contributed by atoms with E-state index in [0.29, 0.717) is 6.04 Å². The van der Waals surface area contributed by atoms with Gasteiger partial charge in [-0.05, 0) is 45.0 Å². The molecule has 98 valence electrons. The van der Waals surface area contributed by atoms with Crippen LogP contribution in [0.4, 0.5) is 0 Å². The summed E-state index contributed by atoms with van der Waals surface area (Å²) in [5.41, 5.74) is 0.739. The van der Waals surface area contributed by atoms with Crippen molar-refractivity contribution in [1.29, 1.82) is 0 Å². The number of piperidine rings is 1. The molecule has 0 aromatic heterocycles. The number of hydrogen-bond acceptors (Lipinski definition) is 2.